The Labute approximate surface area is 109 Å². The third-order valence-electron chi connectivity index (χ3n) is 2.16. The van der Waals surface area contributed by atoms with Crippen LogP contribution in [0, 0.1) is 0 Å². The molecule has 0 bridgehead atoms. The molecule has 100 valence electrons. The van der Waals surface area contributed by atoms with E-state index in [2.05, 4.69) is 9.97 Å². The molecule has 18 heavy (non-hydrogen) atoms. The van der Waals surface area contributed by atoms with E-state index in [-0.39, 0.29) is 0 Å². The van der Waals surface area contributed by atoms with Crippen LogP contribution in [0.3, 0.4) is 0 Å². The summed E-state index contributed by atoms with van der Waals surface area (Å²) in [4.78, 5) is 30.4. The van der Waals surface area contributed by atoms with Crippen molar-refractivity contribution in [1.82, 2.24) is 14.5 Å². The highest BCUT2D eigenvalue weighted by Crippen LogP contribution is 2.14. The Balaban J connectivity index is 3.01. The maximum absolute atomic E-state index is 11.8. The van der Waals surface area contributed by atoms with Gasteiger partial charge in [-0.3, -0.25) is 9.36 Å². The van der Waals surface area contributed by atoms with Gasteiger partial charge in [-0.1, -0.05) is 11.8 Å². The molecule has 0 unspecified atom stereocenters. The molecular formula is C10H15N3O4S. The van der Waals surface area contributed by atoms with Crippen molar-refractivity contribution in [1.29, 1.82) is 0 Å². The molecule has 1 heterocycles. The molecular weight excluding hydrogens is 258 g/mol. The third kappa shape index (κ3) is 3.54. The molecule has 7 nitrogen and oxygen atoms in total. The van der Waals surface area contributed by atoms with Gasteiger partial charge in [0.05, 0.1) is 0 Å². The van der Waals surface area contributed by atoms with E-state index in [1.807, 2.05) is 0 Å². The van der Waals surface area contributed by atoms with Gasteiger partial charge in [-0.2, -0.15) is 4.98 Å². The number of methoxy groups -OCH3 is 1. The van der Waals surface area contributed by atoms with Crippen molar-refractivity contribution >= 4 is 17.7 Å². The molecule has 0 aromatic carbocycles. The highest BCUT2D eigenvalue weighted by atomic mass is 32.2. The van der Waals surface area contributed by atoms with Gasteiger partial charge in [-0.05, 0) is 13.2 Å². The molecule has 0 aliphatic heterocycles. The number of rotatable bonds is 5. The van der Waals surface area contributed by atoms with Crippen LogP contribution in [0.1, 0.15) is 20.1 Å². The lowest BCUT2D eigenvalue weighted by Crippen LogP contribution is -2.36. The van der Waals surface area contributed by atoms with Crippen LogP contribution in [0.4, 0.5) is 0 Å². The Kier molecular flexibility index (Phi) is 5.29. The van der Waals surface area contributed by atoms with Crippen LogP contribution in [-0.4, -0.2) is 40.0 Å². The van der Waals surface area contributed by atoms with Gasteiger partial charge in [-0.15, -0.1) is 0 Å². The lowest BCUT2D eigenvalue weighted by Gasteiger charge is -2.23. The first-order valence-corrected chi connectivity index (χ1v) is 6.41. The minimum atomic E-state index is -0.752. The van der Waals surface area contributed by atoms with Gasteiger partial charge < -0.3 is 9.47 Å². The number of aromatic nitrogens is 3. The molecule has 0 fully saturated rings. The number of thioether (sulfide) groups is 1. The Morgan fingerprint density at radius 3 is 2.67 bits per heavy atom. The number of carbonyl (C=O) groups excluding carboxylic acids is 1. The zero-order chi connectivity index (χ0) is 13.7. The second kappa shape index (κ2) is 6.50. The van der Waals surface area contributed by atoms with E-state index in [1.165, 1.54) is 36.7 Å². The van der Waals surface area contributed by atoms with Gasteiger partial charge in [-0.25, -0.2) is 9.78 Å². The molecule has 1 rings (SSSR count). The maximum Gasteiger partial charge on any atom is 0.353 e. The lowest BCUT2D eigenvalue weighted by molar-refractivity contribution is -0.157. The van der Waals surface area contributed by atoms with Crippen molar-refractivity contribution in [2.45, 2.75) is 31.3 Å². The van der Waals surface area contributed by atoms with Crippen molar-refractivity contribution in [2.75, 3.05) is 13.4 Å². The summed E-state index contributed by atoms with van der Waals surface area (Å²) in [7, 11) is 1.42. The van der Waals surface area contributed by atoms with E-state index in [4.69, 9.17) is 9.47 Å². The predicted molar refractivity (Wildman–Crippen MR) is 65.3 cm³/mol. The van der Waals surface area contributed by atoms with Gasteiger partial charge >= 0.3 is 11.7 Å². The molecule has 0 aliphatic carbocycles. The number of ether oxygens (including phenoxy) is 2. The van der Waals surface area contributed by atoms with Crippen LogP contribution in [0.15, 0.2) is 16.3 Å². The standard InChI is InChI=1S/C10H15N3O4S/c1-6(17-7(2)14)8(16-3)13-5-11-9(18-4)12-10(13)15/h5-6,8H,1-4H3/t6-,8+/m0/s1. The minimum absolute atomic E-state index is 0.381. The summed E-state index contributed by atoms with van der Waals surface area (Å²) in [6.07, 6.45) is 1.73. The quantitative estimate of drug-likeness (QED) is 0.569. The zero-order valence-corrected chi connectivity index (χ0v) is 11.4. The fourth-order valence-electron chi connectivity index (χ4n) is 1.45. The normalized spacial score (nSPS) is 14.0. The van der Waals surface area contributed by atoms with Gasteiger partial charge in [0.1, 0.15) is 12.4 Å². The van der Waals surface area contributed by atoms with E-state index in [0.717, 1.165) is 0 Å². The highest BCUT2D eigenvalue weighted by molar-refractivity contribution is 7.98. The molecule has 0 aliphatic rings. The van der Waals surface area contributed by atoms with Gasteiger partial charge in [0, 0.05) is 14.0 Å². The molecule has 1 aromatic rings. The fraction of sp³-hybridized carbons (Fsp3) is 0.600. The zero-order valence-electron chi connectivity index (χ0n) is 10.6. The number of nitrogens with zero attached hydrogens (tertiary/aromatic N) is 3. The second-order valence-corrected chi connectivity index (χ2v) is 4.25. The number of hydrogen-bond donors (Lipinski definition) is 0. The lowest BCUT2D eigenvalue weighted by atomic mass is 10.3. The first-order chi connectivity index (χ1) is 8.49. The van der Waals surface area contributed by atoms with Gasteiger partial charge in [0.15, 0.2) is 11.4 Å². The summed E-state index contributed by atoms with van der Waals surface area (Å²) in [5, 5.41) is 0.381. The summed E-state index contributed by atoms with van der Waals surface area (Å²) in [6, 6.07) is 0. The van der Waals surface area contributed by atoms with Crippen molar-refractivity contribution in [3.63, 3.8) is 0 Å². The van der Waals surface area contributed by atoms with Crippen LogP contribution in [0.5, 0.6) is 0 Å². The summed E-state index contributed by atoms with van der Waals surface area (Å²) in [6.45, 7) is 2.92. The van der Waals surface area contributed by atoms with Crippen LogP contribution in [0.2, 0.25) is 0 Å². The molecule has 8 heteroatoms. The summed E-state index contributed by atoms with van der Waals surface area (Å²) < 4.78 is 11.3. The van der Waals surface area contributed by atoms with E-state index in [1.54, 1.807) is 13.2 Å². The minimum Gasteiger partial charge on any atom is -0.458 e. The molecule has 0 radical (unpaired) electrons. The van der Waals surface area contributed by atoms with Crippen LogP contribution in [0.25, 0.3) is 0 Å². The van der Waals surface area contributed by atoms with Crippen molar-refractivity contribution < 1.29 is 14.3 Å². The number of hydrogen-bond acceptors (Lipinski definition) is 7. The van der Waals surface area contributed by atoms with Gasteiger partial charge in [0.2, 0.25) is 0 Å². The van der Waals surface area contributed by atoms with Crippen molar-refractivity contribution in [3.8, 4) is 0 Å². The summed E-state index contributed by atoms with van der Waals surface area (Å²) in [5.74, 6) is -0.445. The van der Waals surface area contributed by atoms with Crippen molar-refractivity contribution in [2.24, 2.45) is 0 Å². The van der Waals surface area contributed by atoms with Crippen LogP contribution >= 0.6 is 11.8 Å². The Morgan fingerprint density at radius 1 is 1.56 bits per heavy atom. The molecule has 0 amide bonds. The van der Waals surface area contributed by atoms with Crippen molar-refractivity contribution in [3.05, 3.63) is 16.8 Å². The first-order valence-electron chi connectivity index (χ1n) is 5.18. The smallest absolute Gasteiger partial charge is 0.353 e. The Bertz CT molecular complexity index is 476. The SMILES string of the molecule is CO[C@H]([C@H](C)OC(C)=O)n1cnc(SC)nc1=O. The monoisotopic (exact) mass is 273 g/mol. The molecule has 0 spiro atoms. The van der Waals surface area contributed by atoms with E-state index in [9.17, 15) is 9.59 Å². The van der Waals surface area contributed by atoms with E-state index < -0.39 is 24.0 Å². The van der Waals surface area contributed by atoms with Gasteiger partial charge in [0.25, 0.3) is 0 Å². The Hall–Kier alpha value is -1.41. The number of carbonyl (C=O) groups is 1. The van der Waals surface area contributed by atoms with Crippen LogP contribution in [-0.2, 0) is 14.3 Å². The largest absolute Gasteiger partial charge is 0.458 e. The molecule has 0 saturated heterocycles. The predicted octanol–water partition coefficient (Wildman–Crippen LogP) is 0.457. The first kappa shape index (κ1) is 14.7. The molecule has 0 saturated carbocycles. The fourth-order valence-corrected chi connectivity index (χ4v) is 1.78. The van der Waals surface area contributed by atoms with Crippen LogP contribution < -0.4 is 5.69 Å². The van der Waals surface area contributed by atoms with E-state index >= 15 is 0 Å². The Morgan fingerprint density at radius 2 is 2.22 bits per heavy atom. The molecule has 1 aromatic heterocycles. The maximum atomic E-state index is 11.8. The highest BCUT2D eigenvalue weighted by Gasteiger charge is 2.23. The number of esters is 1. The van der Waals surface area contributed by atoms with E-state index in [0.29, 0.717) is 5.16 Å². The molecule has 2 atom stereocenters. The average Bonchev–Trinajstić information content (AvgIpc) is 2.31. The summed E-state index contributed by atoms with van der Waals surface area (Å²) in [5.41, 5.74) is -0.500. The second-order valence-electron chi connectivity index (χ2n) is 3.47. The summed E-state index contributed by atoms with van der Waals surface area (Å²) >= 11 is 1.27. The average molecular weight is 273 g/mol. The molecule has 0 N–H and O–H groups in total. The third-order valence-corrected chi connectivity index (χ3v) is 2.72. The topological polar surface area (TPSA) is 83.3 Å².